The molecule has 0 aliphatic carbocycles. The van der Waals surface area contributed by atoms with Gasteiger partial charge in [0.1, 0.15) is 5.41 Å². The molecule has 0 aliphatic heterocycles. The van der Waals surface area contributed by atoms with Crippen LogP contribution in [0.1, 0.15) is 20.3 Å². The minimum absolute atomic E-state index is 0.297. The van der Waals surface area contributed by atoms with Gasteiger partial charge >= 0.3 is 0 Å². The van der Waals surface area contributed by atoms with Gasteiger partial charge in [0.25, 0.3) is 0 Å². The van der Waals surface area contributed by atoms with Crippen LogP contribution in [0.3, 0.4) is 0 Å². The molecule has 0 saturated heterocycles. The van der Waals surface area contributed by atoms with Gasteiger partial charge in [-0.2, -0.15) is 0 Å². The fourth-order valence-electron chi connectivity index (χ4n) is 1.35. The molecular weight excluding hydrogens is 182 g/mol. The van der Waals surface area contributed by atoms with E-state index in [1.54, 1.807) is 14.2 Å². The molecular formula is C9H23NO2Si. The zero-order valence-corrected chi connectivity index (χ0v) is 11.5. The summed E-state index contributed by atoms with van der Waals surface area (Å²) in [6.07, 6.45) is 0.971. The van der Waals surface area contributed by atoms with Gasteiger partial charge in [-0.05, 0) is 25.4 Å². The summed E-state index contributed by atoms with van der Waals surface area (Å²) < 4.78 is 10.7. The van der Waals surface area contributed by atoms with Crippen LogP contribution >= 0.6 is 0 Å². The van der Waals surface area contributed by atoms with E-state index in [0.29, 0.717) is 5.92 Å². The van der Waals surface area contributed by atoms with Crippen molar-refractivity contribution in [3.05, 3.63) is 0 Å². The molecule has 0 rings (SSSR count). The van der Waals surface area contributed by atoms with E-state index in [4.69, 9.17) is 9.47 Å². The van der Waals surface area contributed by atoms with E-state index < -0.39 is 0 Å². The highest BCUT2D eigenvalue weighted by molar-refractivity contribution is 6.13. The van der Waals surface area contributed by atoms with Crippen LogP contribution in [0.15, 0.2) is 0 Å². The van der Waals surface area contributed by atoms with E-state index >= 15 is 0 Å². The van der Waals surface area contributed by atoms with E-state index in [-0.39, 0.29) is 5.41 Å². The fourth-order valence-corrected chi connectivity index (χ4v) is 2.04. The molecule has 0 aromatic heterocycles. The molecule has 0 heterocycles. The highest BCUT2D eigenvalue weighted by atomic mass is 28.1. The Balaban J connectivity index is 3.79. The average Bonchev–Trinajstić information content (AvgIpc) is 2.14. The van der Waals surface area contributed by atoms with Crippen molar-refractivity contribution in [3.8, 4) is 0 Å². The summed E-state index contributed by atoms with van der Waals surface area (Å²) in [5.41, 5.74) is -0.297. The Hall–Kier alpha value is 0.0969. The maximum Gasteiger partial charge on any atom is 0.141 e. The molecule has 0 spiro atoms. The number of methoxy groups -OCH3 is 2. The number of hydrogen-bond donors (Lipinski definition) is 1. The van der Waals surface area contributed by atoms with Crippen LogP contribution < -0.4 is 5.32 Å². The Kier molecular flexibility index (Phi) is 6.58. The molecule has 0 aliphatic rings. The third-order valence-electron chi connectivity index (χ3n) is 2.33. The summed E-state index contributed by atoms with van der Waals surface area (Å²) in [4.78, 5) is 0. The first-order chi connectivity index (χ1) is 6.08. The highest BCUT2D eigenvalue weighted by Gasteiger charge is 2.24. The van der Waals surface area contributed by atoms with E-state index in [9.17, 15) is 0 Å². The van der Waals surface area contributed by atoms with Gasteiger partial charge in [0, 0.05) is 14.2 Å². The van der Waals surface area contributed by atoms with Crippen molar-refractivity contribution in [1.82, 2.24) is 5.32 Å². The number of ether oxygens (including phenoxy) is 2. The number of rotatable bonds is 7. The monoisotopic (exact) mass is 205 g/mol. The molecule has 13 heavy (non-hydrogen) atoms. The van der Waals surface area contributed by atoms with E-state index in [2.05, 4.69) is 19.2 Å². The molecule has 0 fully saturated rings. The number of nitrogens with one attached hydrogen (secondary N) is 1. The molecule has 1 atom stereocenters. The Bertz CT molecular complexity index is 129. The van der Waals surface area contributed by atoms with E-state index in [0.717, 1.165) is 29.8 Å². The lowest BCUT2D eigenvalue weighted by Gasteiger charge is -2.29. The molecule has 1 unspecified atom stereocenters. The van der Waals surface area contributed by atoms with Crippen LogP contribution in [-0.2, 0) is 9.47 Å². The summed E-state index contributed by atoms with van der Waals surface area (Å²) >= 11 is 0. The normalized spacial score (nSPS) is 14.8. The second-order valence-electron chi connectivity index (χ2n) is 3.66. The molecule has 3 nitrogen and oxygen atoms in total. The first-order valence-electron chi connectivity index (χ1n) is 4.89. The van der Waals surface area contributed by atoms with Gasteiger partial charge in [0.15, 0.2) is 0 Å². The summed E-state index contributed by atoms with van der Waals surface area (Å²) in [5, 5.41) is 3.32. The maximum atomic E-state index is 5.35. The molecule has 1 N–H and O–H groups in total. The van der Waals surface area contributed by atoms with Gasteiger partial charge in [-0.3, -0.25) is 0 Å². The molecule has 4 heteroatoms. The fraction of sp³-hybridized carbons (Fsp3) is 1.00. The van der Waals surface area contributed by atoms with Crippen molar-refractivity contribution in [3.63, 3.8) is 0 Å². The highest BCUT2D eigenvalue weighted by Crippen LogP contribution is 2.17. The van der Waals surface area contributed by atoms with Crippen molar-refractivity contribution < 1.29 is 9.47 Å². The zero-order valence-electron chi connectivity index (χ0n) is 9.52. The minimum Gasteiger partial charge on any atom is -0.358 e. The Morgan fingerprint density at radius 2 is 1.92 bits per heavy atom. The Morgan fingerprint density at radius 3 is 2.31 bits per heavy atom. The smallest absolute Gasteiger partial charge is 0.141 e. The van der Waals surface area contributed by atoms with Gasteiger partial charge in [0.05, 0.1) is 10.2 Å². The van der Waals surface area contributed by atoms with Gasteiger partial charge in [0.2, 0.25) is 0 Å². The van der Waals surface area contributed by atoms with Crippen molar-refractivity contribution in [1.29, 1.82) is 0 Å². The maximum absolute atomic E-state index is 5.35. The third-order valence-corrected chi connectivity index (χ3v) is 3.55. The standard InChI is InChI=1S/C9H23NO2Si/c1-5-10-7-8(2)6-9(13,11-3)12-4/h8,10H,5-7H2,1-4,13H3. The molecule has 80 valence electrons. The van der Waals surface area contributed by atoms with Gasteiger partial charge < -0.3 is 14.8 Å². The first-order valence-corrected chi connectivity index (χ1v) is 5.89. The molecule has 0 aromatic rings. The molecule has 0 amide bonds. The van der Waals surface area contributed by atoms with Gasteiger partial charge in [-0.25, -0.2) is 0 Å². The van der Waals surface area contributed by atoms with Crippen molar-refractivity contribution >= 4 is 10.2 Å². The molecule has 0 saturated carbocycles. The van der Waals surface area contributed by atoms with Crippen molar-refractivity contribution in [2.75, 3.05) is 27.3 Å². The zero-order chi connectivity index (χ0) is 10.3. The van der Waals surface area contributed by atoms with Crippen LogP contribution in [0, 0.1) is 5.92 Å². The molecule has 0 radical (unpaired) electrons. The minimum atomic E-state index is -0.297. The lowest BCUT2D eigenvalue weighted by Crippen LogP contribution is -2.38. The third kappa shape index (κ3) is 5.41. The van der Waals surface area contributed by atoms with Crippen LogP contribution in [-0.4, -0.2) is 43.0 Å². The van der Waals surface area contributed by atoms with E-state index in [1.807, 2.05) is 0 Å². The van der Waals surface area contributed by atoms with Crippen molar-refractivity contribution in [2.24, 2.45) is 5.92 Å². The predicted molar refractivity (Wildman–Crippen MR) is 59.0 cm³/mol. The summed E-state index contributed by atoms with van der Waals surface area (Å²) in [7, 11) is 4.34. The quantitative estimate of drug-likeness (QED) is 0.466. The van der Waals surface area contributed by atoms with Crippen LogP contribution in [0.25, 0.3) is 0 Å². The second-order valence-corrected chi connectivity index (χ2v) is 5.18. The summed E-state index contributed by atoms with van der Waals surface area (Å²) in [5.74, 6) is 0.595. The average molecular weight is 205 g/mol. The van der Waals surface area contributed by atoms with Crippen LogP contribution in [0.2, 0.25) is 0 Å². The second kappa shape index (κ2) is 6.54. The van der Waals surface area contributed by atoms with Crippen LogP contribution in [0.5, 0.6) is 0 Å². The van der Waals surface area contributed by atoms with E-state index in [1.165, 1.54) is 0 Å². The SMILES string of the molecule is CCNCC(C)CC([SiH3])(OC)OC. The Labute approximate surface area is 84.6 Å². The van der Waals surface area contributed by atoms with Gasteiger partial charge in [-0.1, -0.05) is 13.8 Å². The predicted octanol–water partition coefficient (Wildman–Crippen LogP) is -0.0659. The summed E-state index contributed by atoms with van der Waals surface area (Å²) in [6.45, 7) is 6.40. The number of hydrogen-bond acceptors (Lipinski definition) is 3. The Morgan fingerprint density at radius 1 is 1.38 bits per heavy atom. The lowest BCUT2D eigenvalue weighted by atomic mass is 10.1. The summed E-state index contributed by atoms with van der Waals surface area (Å²) in [6, 6.07) is 0. The van der Waals surface area contributed by atoms with Crippen LogP contribution in [0.4, 0.5) is 0 Å². The topological polar surface area (TPSA) is 30.5 Å². The van der Waals surface area contributed by atoms with Crippen molar-refractivity contribution in [2.45, 2.75) is 25.7 Å². The first kappa shape index (κ1) is 13.1. The lowest BCUT2D eigenvalue weighted by molar-refractivity contribution is -0.152. The van der Waals surface area contributed by atoms with Gasteiger partial charge in [-0.15, -0.1) is 0 Å². The largest absolute Gasteiger partial charge is 0.358 e. The molecule has 0 aromatic carbocycles. The molecule has 0 bridgehead atoms.